The summed E-state index contributed by atoms with van der Waals surface area (Å²) in [5, 5.41) is 8.17. The normalized spacial score (nSPS) is 19.6. The highest BCUT2D eigenvalue weighted by Crippen LogP contribution is 2.45. The van der Waals surface area contributed by atoms with Crippen LogP contribution in [0.5, 0.6) is 0 Å². The van der Waals surface area contributed by atoms with E-state index in [0.29, 0.717) is 5.92 Å². The zero-order valence-electron chi connectivity index (χ0n) is 26.7. The van der Waals surface area contributed by atoms with Crippen molar-refractivity contribution in [1.29, 1.82) is 0 Å². The van der Waals surface area contributed by atoms with E-state index >= 15 is 0 Å². The topological polar surface area (TPSA) is 101 Å². The van der Waals surface area contributed by atoms with Crippen LogP contribution >= 0.6 is 0 Å². The van der Waals surface area contributed by atoms with Gasteiger partial charge in [-0.3, -0.25) is 15.0 Å². The zero-order valence-corrected chi connectivity index (χ0v) is 26.7. The molecule has 2 aromatic carbocycles. The highest BCUT2D eigenvalue weighted by Gasteiger charge is 2.43. The van der Waals surface area contributed by atoms with Crippen LogP contribution in [0.25, 0.3) is 33.5 Å². The average Bonchev–Trinajstić information content (AvgIpc) is 3.43. The zero-order chi connectivity index (χ0) is 31.3. The third-order valence-electron chi connectivity index (χ3n) is 9.15. The summed E-state index contributed by atoms with van der Waals surface area (Å²) in [6, 6.07) is 22.9. The van der Waals surface area contributed by atoms with Crippen LogP contribution < -0.4 is 10.6 Å². The van der Waals surface area contributed by atoms with Gasteiger partial charge in [-0.25, -0.2) is 4.98 Å². The molecule has 8 heteroatoms. The number of H-pyrrole nitrogens is 1. The fraction of sp³-hybridized carbons (Fsp3) is 0.297. The predicted molar refractivity (Wildman–Crippen MR) is 183 cm³/mol. The average molecular weight is 598 g/mol. The predicted octanol–water partition coefficient (Wildman–Crippen LogP) is 8.76. The number of aromatic nitrogens is 5. The van der Waals surface area contributed by atoms with Gasteiger partial charge in [0.05, 0.1) is 40.6 Å². The van der Waals surface area contributed by atoms with Gasteiger partial charge in [-0.05, 0) is 112 Å². The number of benzene rings is 2. The van der Waals surface area contributed by atoms with E-state index < -0.39 is 0 Å². The minimum atomic E-state index is -0.158. The monoisotopic (exact) mass is 597 g/mol. The van der Waals surface area contributed by atoms with Crippen molar-refractivity contribution in [1.82, 2.24) is 24.9 Å². The third-order valence-corrected chi connectivity index (χ3v) is 9.15. The van der Waals surface area contributed by atoms with Crippen molar-refractivity contribution >= 4 is 44.7 Å². The second kappa shape index (κ2) is 11.0. The Labute approximate surface area is 263 Å². The minimum absolute atomic E-state index is 0.00275. The van der Waals surface area contributed by atoms with E-state index in [0.717, 1.165) is 80.6 Å². The molecule has 0 bridgehead atoms. The summed E-state index contributed by atoms with van der Waals surface area (Å²) in [7, 11) is 0. The van der Waals surface area contributed by atoms with Crippen LogP contribution in [0, 0.1) is 19.8 Å². The molecule has 45 heavy (non-hydrogen) atoms. The first-order valence-electron chi connectivity index (χ1n) is 15.5. The van der Waals surface area contributed by atoms with Crippen molar-refractivity contribution < 1.29 is 4.74 Å². The molecule has 6 aromatic rings. The Morgan fingerprint density at radius 2 is 1.60 bits per heavy atom. The fourth-order valence-electron chi connectivity index (χ4n) is 6.61. The van der Waals surface area contributed by atoms with E-state index in [1.165, 1.54) is 5.56 Å². The molecule has 8 nitrogen and oxygen atoms in total. The molecule has 0 unspecified atom stereocenters. The first-order valence-corrected chi connectivity index (χ1v) is 15.5. The van der Waals surface area contributed by atoms with Gasteiger partial charge in [-0.1, -0.05) is 19.9 Å². The summed E-state index contributed by atoms with van der Waals surface area (Å²) in [6.07, 6.45) is 4.63. The Balaban J connectivity index is 1.15. The van der Waals surface area contributed by atoms with Crippen molar-refractivity contribution in [3.63, 3.8) is 0 Å². The maximum atomic E-state index is 6.15. The van der Waals surface area contributed by atoms with Crippen molar-refractivity contribution in [2.45, 2.75) is 59.0 Å². The standard InChI is InChI=1S/C37H39N7O/c1-22-20-45-36(4,5)21-37(22,6)25-7-10-30-29(17-25)33(16-24(3)40-30)42-28-9-12-32(39-19-28)35-43-31-11-8-26(18-34(31)44-35)41-27-13-14-38-23(2)15-27/h7-19,22H,20-21H2,1-6H3,(H,38,41)(H,40,42)(H,43,44)/t22-,37-/m1/s1. The summed E-state index contributed by atoms with van der Waals surface area (Å²) >= 11 is 0. The molecule has 0 spiro atoms. The maximum Gasteiger partial charge on any atom is 0.157 e. The van der Waals surface area contributed by atoms with E-state index in [-0.39, 0.29) is 11.0 Å². The van der Waals surface area contributed by atoms with Crippen LogP contribution in [0.15, 0.2) is 79.1 Å². The lowest BCUT2D eigenvalue weighted by Crippen LogP contribution is -2.47. The SMILES string of the molecule is Cc1cc(Nc2ccc3nc(-c4ccc(Nc5cc(C)nc6ccc([C@]7(C)CC(C)(C)OC[C@H]7C)cc56)cn4)[nH]c3c2)ccn1. The van der Waals surface area contributed by atoms with Gasteiger partial charge in [0.2, 0.25) is 0 Å². The number of anilines is 4. The van der Waals surface area contributed by atoms with Crippen molar-refractivity contribution in [2.75, 3.05) is 17.2 Å². The van der Waals surface area contributed by atoms with Gasteiger partial charge < -0.3 is 20.4 Å². The van der Waals surface area contributed by atoms with Crippen LogP contribution in [0.2, 0.25) is 0 Å². The minimum Gasteiger partial charge on any atom is -0.375 e. The molecule has 0 amide bonds. The molecule has 1 aliphatic rings. The third kappa shape index (κ3) is 5.73. The number of aromatic amines is 1. The number of rotatable bonds is 6. The molecule has 4 aromatic heterocycles. The maximum absolute atomic E-state index is 6.15. The van der Waals surface area contributed by atoms with E-state index in [1.807, 2.05) is 56.4 Å². The Bertz CT molecular complexity index is 2030. The quantitative estimate of drug-likeness (QED) is 0.176. The highest BCUT2D eigenvalue weighted by atomic mass is 16.5. The molecule has 1 aliphatic heterocycles. The summed E-state index contributed by atoms with van der Waals surface area (Å²) in [4.78, 5) is 22.1. The molecule has 5 heterocycles. The largest absolute Gasteiger partial charge is 0.375 e. The van der Waals surface area contributed by atoms with Crippen molar-refractivity contribution in [2.24, 2.45) is 5.92 Å². The number of hydrogen-bond donors (Lipinski definition) is 3. The molecule has 3 N–H and O–H groups in total. The van der Waals surface area contributed by atoms with Gasteiger partial charge in [0.1, 0.15) is 5.69 Å². The molecule has 2 atom stereocenters. The number of nitrogens with one attached hydrogen (secondary N) is 3. The molecule has 0 radical (unpaired) electrons. The smallest absolute Gasteiger partial charge is 0.157 e. The lowest BCUT2D eigenvalue weighted by Gasteiger charge is -2.47. The van der Waals surface area contributed by atoms with E-state index in [1.54, 1.807) is 6.20 Å². The molecule has 1 fully saturated rings. The Hall–Kier alpha value is -4.82. The molecule has 0 saturated carbocycles. The second-order valence-corrected chi connectivity index (χ2v) is 13.3. The van der Waals surface area contributed by atoms with Gasteiger partial charge >= 0.3 is 0 Å². The van der Waals surface area contributed by atoms with Gasteiger partial charge in [0.15, 0.2) is 5.82 Å². The number of nitrogens with zero attached hydrogens (tertiary/aromatic N) is 4. The van der Waals surface area contributed by atoms with Gasteiger partial charge in [-0.2, -0.15) is 0 Å². The Morgan fingerprint density at radius 1 is 0.800 bits per heavy atom. The lowest BCUT2D eigenvalue weighted by molar-refractivity contribution is -0.106. The number of fused-ring (bicyclic) bond motifs is 2. The van der Waals surface area contributed by atoms with Gasteiger partial charge in [0, 0.05) is 40.0 Å². The van der Waals surface area contributed by atoms with E-state index in [9.17, 15) is 0 Å². The summed E-state index contributed by atoms with van der Waals surface area (Å²) in [5.41, 5.74) is 10.6. The molecular weight excluding hydrogens is 558 g/mol. The van der Waals surface area contributed by atoms with Crippen molar-refractivity contribution in [3.05, 3.63) is 96.1 Å². The van der Waals surface area contributed by atoms with Gasteiger partial charge in [0.25, 0.3) is 0 Å². The summed E-state index contributed by atoms with van der Waals surface area (Å²) in [6.45, 7) is 13.8. The lowest BCUT2D eigenvalue weighted by atomic mass is 9.65. The Morgan fingerprint density at radius 3 is 2.40 bits per heavy atom. The number of aryl methyl sites for hydroxylation is 2. The van der Waals surface area contributed by atoms with Crippen LogP contribution in [-0.2, 0) is 10.2 Å². The summed E-state index contributed by atoms with van der Waals surface area (Å²) in [5.74, 6) is 1.13. The molecule has 228 valence electrons. The summed E-state index contributed by atoms with van der Waals surface area (Å²) < 4.78 is 6.15. The van der Waals surface area contributed by atoms with Crippen LogP contribution in [0.1, 0.15) is 51.1 Å². The van der Waals surface area contributed by atoms with Crippen LogP contribution in [0.4, 0.5) is 22.7 Å². The van der Waals surface area contributed by atoms with E-state index in [4.69, 9.17) is 19.7 Å². The number of pyridine rings is 3. The van der Waals surface area contributed by atoms with Crippen LogP contribution in [-0.4, -0.2) is 37.1 Å². The van der Waals surface area contributed by atoms with Crippen molar-refractivity contribution in [3.8, 4) is 11.5 Å². The number of ether oxygens (including phenoxy) is 1. The highest BCUT2D eigenvalue weighted by molar-refractivity contribution is 5.94. The van der Waals surface area contributed by atoms with Gasteiger partial charge in [-0.15, -0.1) is 0 Å². The molecule has 7 rings (SSSR count). The second-order valence-electron chi connectivity index (χ2n) is 13.3. The van der Waals surface area contributed by atoms with E-state index in [2.05, 4.69) is 78.6 Å². The van der Waals surface area contributed by atoms with Crippen LogP contribution in [0.3, 0.4) is 0 Å². The first-order chi connectivity index (χ1) is 21.5. The number of imidazole rings is 1. The fourth-order valence-corrected chi connectivity index (χ4v) is 6.61. The Kier molecular flexibility index (Phi) is 7.05. The molecule has 0 aliphatic carbocycles. The number of hydrogen-bond acceptors (Lipinski definition) is 7. The first kappa shape index (κ1) is 28.9. The molecular formula is C37H39N7O. The molecule has 1 saturated heterocycles.